The molecule has 0 bridgehead atoms. The number of amides is 1. The Labute approximate surface area is 109 Å². The minimum Gasteiger partial charge on any atom is -0.365 e. The Morgan fingerprint density at radius 2 is 2.21 bits per heavy atom. The Morgan fingerprint density at radius 1 is 1.53 bits per heavy atom. The molecule has 2 rings (SSSR count). The van der Waals surface area contributed by atoms with E-state index in [1.807, 2.05) is 6.92 Å². The number of hydrogen-bond acceptors (Lipinski definition) is 4. The van der Waals surface area contributed by atoms with Crippen LogP contribution in [0.1, 0.15) is 29.4 Å². The summed E-state index contributed by atoms with van der Waals surface area (Å²) in [5.74, 6) is -0.806. The quantitative estimate of drug-likeness (QED) is 0.666. The van der Waals surface area contributed by atoms with Gasteiger partial charge in [-0.2, -0.15) is 5.10 Å². The van der Waals surface area contributed by atoms with Crippen molar-refractivity contribution in [2.24, 2.45) is 12.8 Å². The number of nitrogens with zero attached hydrogens (tertiary/aromatic N) is 3. The SMILES string of the molecule is CCCc1nn(C)c2ccc(C(N)=O)c([N+](=O)[O-])c12. The Bertz CT molecular complexity index is 675. The molecule has 7 nitrogen and oxygen atoms in total. The summed E-state index contributed by atoms with van der Waals surface area (Å²) in [5.41, 5.74) is 6.12. The van der Waals surface area contributed by atoms with Crippen LogP contribution in [0, 0.1) is 10.1 Å². The van der Waals surface area contributed by atoms with Crippen molar-refractivity contribution in [2.45, 2.75) is 19.8 Å². The van der Waals surface area contributed by atoms with Gasteiger partial charge in [0.1, 0.15) is 10.9 Å². The van der Waals surface area contributed by atoms with Gasteiger partial charge in [-0.05, 0) is 18.6 Å². The standard InChI is InChI=1S/C12H14N4O3/c1-3-4-8-10-9(15(2)14-8)6-5-7(12(13)17)11(10)16(18)19/h5-6H,3-4H2,1-2H3,(H2,13,17). The lowest BCUT2D eigenvalue weighted by molar-refractivity contribution is -0.383. The number of hydrogen-bond donors (Lipinski definition) is 1. The summed E-state index contributed by atoms with van der Waals surface area (Å²) >= 11 is 0. The molecule has 1 aromatic carbocycles. The van der Waals surface area contributed by atoms with E-state index in [0.717, 1.165) is 6.42 Å². The molecule has 2 aromatic rings. The highest BCUT2D eigenvalue weighted by molar-refractivity contribution is 6.05. The third-order valence-corrected chi connectivity index (χ3v) is 3.00. The van der Waals surface area contributed by atoms with Gasteiger partial charge in [0.15, 0.2) is 0 Å². The van der Waals surface area contributed by atoms with E-state index in [4.69, 9.17) is 5.73 Å². The molecule has 0 aliphatic carbocycles. The monoisotopic (exact) mass is 262 g/mol. The number of nitro benzene ring substituents is 1. The van der Waals surface area contributed by atoms with E-state index in [1.165, 1.54) is 6.07 Å². The van der Waals surface area contributed by atoms with Crippen LogP contribution in [0.15, 0.2) is 12.1 Å². The lowest BCUT2D eigenvalue weighted by Crippen LogP contribution is -2.13. The number of benzene rings is 1. The average Bonchev–Trinajstić information content (AvgIpc) is 2.65. The molecule has 0 saturated heterocycles. The number of nitro groups is 1. The zero-order valence-electron chi connectivity index (χ0n) is 10.7. The number of aryl methyl sites for hydroxylation is 2. The number of rotatable bonds is 4. The van der Waals surface area contributed by atoms with E-state index < -0.39 is 10.8 Å². The first-order valence-corrected chi connectivity index (χ1v) is 5.90. The first kappa shape index (κ1) is 13.0. The molecule has 0 fully saturated rings. The number of carbonyl (C=O) groups excluding carboxylic acids is 1. The number of aromatic nitrogens is 2. The number of fused-ring (bicyclic) bond motifs is 1. The lowest BCUT2D eigenvalue weighted by atomic mass is 10.0. The van der Waals surface area contributed by atoms with E-state index >= 15 is 0 Å². The average molecular weight is 262 g/mol. The highest BCUT2D eigenvalue weighted by atomic mass is 16.6. The third-order valence-electron chi connectivity index (χ3n) is 3.00. The van der Waals surface area contributed by atoms with E-state index in [1.54, 1.807) is 17.8 Å². The van der Waals surface area contributed by atoms with E-state index in [2.05, 4.69) is 5.10 Å². The normalized spacial score (nSPS) is 10.8. The van der Waals surface area contributed by atoms with Gasteiger partial charge in [-0.25, -0.2) is 0 Å². The zero-order chi connectivity index (χ0) is 14.2. The van der Waals surface area contributed by atoms with Crippen LogP contribution in [0.4, 0.5) is 5.69 Å². The molecule has 7 heteroatoms. The fourth-order valence-corrected chi connectivity index (χ4v) is 2.22. The van der Waals surface area contributed by atoms with Gasteiger partial charge in [0.25, 0.3) is 11.6 Å². The number of nitrogens with two attached hydrogens (primary N) is 1. The summed E-state index contributed by atoms with van der Waals surface area (Å²) in [5, 5.41) is 16.0. The van der Waals surface area contributed by atoms with Crippen LogP contribution in [-0.2, 0) is 13.5 Å². The molecule has 19 heavy (non-hydrogen) atoms. The molecule has 0 unspecified atom stereocenters. The van der Waals surface area contributed by atoms with Crippen LogP contribution in [0.3, 0.4) is 0 Å². The van der Waals surface area contributed by atoms with Gasteiger partial charge in [-0.1, -0.05) is 13.3 Å². The molecule has 1 aromatic heterocycles. The van der Waals surface area contributed by atoms with Gasteiger partial charge in [-0.15, -0.1) is 0 Å². The second-order valence-corrected chi connectivity index (χ2v) is 4.30. The second kappa shape index (κ2) is 4.68. The van der Waals surface area contributed by atoms with Crippen LogP contribution in [0.25, 0.3) is 10.9 Å². The minimum absolute atomic E-state index is 0.0807. The van der Waals surface area contributed by atoms with Crippen LogP contribution in [-0.4, -0.2) is 20.6 Å². The van der Waals surface area contributed by atoms with Gasteiger partial charge in [0, 0.05) is 7.05 Å². The maximum atomic E-state index is 11.3. The summed E-state index contributed by atoms with van der Waals surface area (Å²) in [6, 6.07) is 3.01. The fraction of sp³-hybridized carbons (Fsp3) is 0.333. The molecule has 0 saturated carbocycles. The van der Waals surface area contributed by atoms with Crippen LogP contribution >= 0.6 is 0 Å². The van der Waals surface area contributed by atoms with Gasteiger partial charge in [0.05, 0.1) is 16.1 Å². The highest BCUT2D eigenvalue weighted by Crippen LogP contribution is 2.32. The minimum atomic E-state index is -0.806. The molecule has 0 radical (unpaired) electrons. The van der Waals surface area contributed by atoms with Crippen LogP contribution in [0.2, 0.25) is 0 Å². The highest BCUT2D eigenvalue weighted by Gasteiger charge is 2.26. The van der Waals surface area contributed by atoms with Crippen molar-refractivity contribution in [3.8, 4) is 0 Å². The second-order valence-electron chi connectivity index (χ2n) is 4.30. The summed E-state index contributed by atoms with van der Waals surface area (Å²) in [7, 11) is 1.72. The van der Waals surface area contributed by atoms with Crippen molar-refractivity contribution in [3.63, 3.8) is 0 Å². The Kier molecular flexibility index (Phi) is 3.20. The molecule has 0 atom stereocenters. The largest absolute Gasteiger partial charge is 0.365 e. The van der Waals surface area contributed by atoms with Crippen molar-refractivity contribution in [3.05, 3.63) is 33.5 Å². The van der Waals surface area contributed by atoms with Gasteiger partial charge in [0.2, 0.25) is 0 Å². The van der Waals surface area contributed by atoms with Crippen molar-refractivity contribution in [1.82, 2.24) is 9.78 Å². The predicted molar refractivity (Wildman–Crippen MR) is 69.9 cm³/mol. The topological polar surface area (TPSA) is 104 Å². The number of primary amides is 1. The van der Waals surface area contributed by atoms with E-state index in [9.17, 15) is 14.9 Å². The molecule has 0 aliphatic rings. The summed E-state index contributed by atoms with van der Waals surface area (Å²) in [6.45, 7) is 1.96. The van der Waals surface area contributed by atoms with Crippen molar-refractivity contribution in [2.75, 3.05) is 0 Å². The van der Waals surface area contributed by atoms with Gasteiger partial charge in [-0.3, -0.25) is 19.6 Å². The third kappa shape index (κ3) is 2.03. The molecule has 2 N–H and O–H groups in total. The molecular weight excluding hydrogens is 248 g/mol. The Hall–Kier alpha value is -2.44. The van der Waals surface area contributed by atoms with Gasteiger partial charge < -0.3 is 5.73 Å². The fourth-order valence-electron chi connectivity index (χ4n) is 2.22. The maximum absolute atomic E-state index is 11.3. The smallest absolute Gasteiger partial charge is 0.293 e. The summed E-state index contributed by atoms with van der Waals surface area (Å²) < 4.78 is 1.58. The molecule has 1 amide bonds. The Morgan fingerprint density at radius 3 is 2.74 bits per heavy atom. The molecule has 0 spiro atoms. The predicted octanol–water partition coefficient (Wildman–Crippen LogP) is 1.53. The first-order chi connectivity index (χ1) is 8.97. The van der Waals surface area contributed by atoms with E-state index in [0.29, 0.717) is 23.0 Å². The first-order valence-electron chi connectivity index (χ1n) is 5.90. The van der Waals surface area contributed by atoms with E-state index in [-0.39, 0.29) is 11.3 Å². The molecular formula is C12H14N4O3. The zero-order valence-corrected chi connectivity index (χ0v) is 10.7. The Balaban J connectivity index is 2.90. The molecule has 100 valence electrons. The molecule has 0 aliphatic heterocycles. The number of carbonyl (C=O) groups is 1. The molecule has 1 heterocycles. The lowest BCUT2D eigenvalue weighted by Gasteiger charge is -2.02. The van der Waals surface area contributed by atoms with Crippen molar-refractivity contribution in [1.29, 1.82) is 0 Å². The summed E-state index contributed by atoms with van der Waals surface area (Å²) in [6.07, 6.45) is 1.42. The van der Waals surface area contributed by atoms with Crippen LogP contribution in [0.5, 0.6) is 0 Å². The summed E-state index contributed by atoms with van der Waals surface area (Å²) in [4.78, 5) is 22.0. The van der Waals surface area contributed by atoms with Crippen molar-refractivity contribution >= 4 is 22.5 Å². The van der Waals surface area contributed by atoms with Gasteiger partial charge >= 0.3 is 0 Å². The van der Waals surface area contributed by atoms with Crippen LogP contribution < -0.4 is 5.73 Å². The van der Waals surface area contributed by atoms with Crippen molar-refractivity contribution < 1.29 is 9.72 Å². The maximum Gasteiger partial charge on any atom is 0.293 e.